The minimum Gasteiger partial charge on any atom is -0.325 e. The van der Waals surface area contributed by atoms with Crippen LogP contribution in [-0.2, 0) is 11.3 Å². The van der Waals surface area contributed by atoms with Crippen LogP contribution in [0.1, 0.15) is 41.3 Å². The Kier molecular flexibility index (Phi) is 3.96. The van der Waals surface area contributed by atoms with E-state index in [9.17, 15) is 4.79 Å². The van der Waals surface area contributed by atoms with Crippen molar-refractivity contribution in [1.82, 2.24) is 9.55 Å². The minimum atomic E-state index is -0.0888. The van der Waals surface area contributed by atoms with E-state index in [0.717, 1.165) is 29.7 Å². The summed E-state index contributed by atoms with van der Waals surface area (Å²) >= 11 is 0. The van der Waals surface area contributed by atoms with Crippen molar-refractivity contribution in [2.75, 3.05) is 5.32 Å². The maximum atomic E-state index is 12.6. The highest BCUT2D eigenvalue weighted by atomic mass is 16.1. The number of carbonyl (C=O) groups excluding carboxylic acids is 1. The molecule has 130 valence electrons. The molecule has 0 radical (unpaired) electrons. The molecule has 0 saturated heterocycles. The van der Waals surface area contributed by atoms with Gasteiger partial charge in [0.15, 0.2) is 0 Å². The van der Waals surface area contributed by atoms with Gasteiger partial charge in [0, 0.05) is 11.6 Å². The van der Waals surface area contributed by atoms with Crippen LogP contribution in [0.5, 0.6) is 0 Å². The lowest BCUT2D eigenvalue weighted by Crippen LogP contribution is -2.20. The van der Waals surface area contributed by atoms with E-state index in [-0.39, 0.29) is 12.5 Å². The van der Waals surface area contributed by atoms with Gasteiger partial charge in [0.05, 0.1) is 22.7 Å². The third-order valence-electron chi connectivity index (χ3n) is 4.94. The second kappa shape index (κ2) is 6.30. The fraction of sp³-hybridized carbons (Fsp3) is 0.286. The molecule has 1 saturated carbocycles. The average Bonchev–Trinajstić information content (AvgIpc) is 3.41. The maximum Gasteiger partial charge on any atom is 0.244 e. The monoisotopic (exact) mass is 344 g/mol. The van der Waals surface area contributed by atoms with Gasteiger partial charge in [-0.25, -0.2) is 4.98 Å². The molecule has 26 heavy (non-hydrogen) atoms. The van der Waals surface area contributed by atoms with E-state index in [1.165, 1.54) is 11.1 Å². The molecule has 0 aliphatic heterocycles. The number of nitrogens with one attached hydrogen (secondary N) is 1. The summed E-state index contributed by atoms with van der Waals surface area (Å²) in [5, 5.41) is 11.8. The van der Waals surface area contributed by atoms with Gasteiger partial charge >= 0.3 is 0 Å². The number of nitrogens with zero attached hydrogens (tertiary/aromatic N) is 3. The van der Waals surface area contributed by atoms with Crippen molar-refractivity contribution in [2.45, 2.75) is 39.2 Å². The first kappa shape index (κ1) is 16.3. The van der Waals surface area contributed by atoms with E-state index in [1.54, 1.807) is 24.3 Å². The molecule has 1 heterocycles. The van der Waals surface area contributed by atoms with Crippen molar-refractivity contribution in [3.63, 3.8) is 0 Å². The summed E-state index contributed by atoms with van der Waals surface area (Å²) in [7, 11) is 0. The highest BCUT2D eigenvalue weighted by molar-refractivity contribution is 5.92. The predicted molar refractivity (Wildman–Crippen MR) is 101 cm³/mol. The van der Waals surface area contributed by atoms with Crippen molar-refractivity contribution in [1.29, 1.82) is 5.26 Å². The molecule has 5 nitrogen and oxygen atoms in total. The normalized spacial score (nSPS) is 13.6. The van der Waals surface area contributed by atoms with Crippen LogP contribution in [0.15, 0.2) is 36.4 Å². The highest BCUT2D eigenvalue weighted by Crippen LogP contribution is 2.41. The molecule has 3 aromatic rings. The topological polar surface area (TPSA) is 70.7 Å². The van der Waals surface area contributed by atoms with Crippen LogP contribution >= 0.6 is 0 Å². The Morgan fingerprint density at radius 3 is 2.58 bits per heavy atom. The van der Waals surface area contributed by atoms with E-state index in [4.69, 9.17) is 10.2 Å². The number of imidazole rings is 1. The first-order valence-corrected chi connectivity index (χ1v) is 8.82. The zero-order valence-electron chi connectivity index (χ0n) is 14.9. The third kappa shape index (κ3) is 3.06. The van der Waals surface area contributed by atoms with Crippen molar-refractivity contribution in [2.24, 2.45) is 0 Å². The van der Waals surface area contributed by atoms with E-state index in [1.807, 2.05) is 0 Å². The van der Waals surface area contributed by atoms with Crippen molar-refractivity contribution in [3.05, 3.63) is 58.9 Å². The van der Waals surface area contributed by atoms with Gasteiger partial charge in [-0.05, 0) is 74.2 Å². The Morgan fingerprint density at radius 2 is 1.92 bits per heavy atom. The molecule has 1 aromatic heterocycles. The molecule has 0 bridgehead atoms. The maximum absolute atomic E-state index is 12.6. The van der Waals surface area contributed by atoms with Crippen LogP contribution in [0.4, 0.5) is 5.69 Å². The number of carbonyl (C=O) groups is 1. The van der Waals surface area contributed by atoms with E-state index < -0.39 is 0 Å². The molecule has 0 unspecified atom stereocenters. The summed E-state index contributed by atoms with van der Waals surface area (Å²) in [4.78, 5) is 17.4. The van der Waals surface area contributed by atoms with Gasteiger partial charge in [0.25, 0.3) is 0 Å². The lowest BCUT2D eigenvalue weighted by Gasteiger charge is -2.10. The van der Waals surface area contributed by atoms with Crippen LogP contribution < -0.4 is 5.32 Å². The van der Waals surface area contributed by atoms with E-state index in [0.29, 0.717) is 17.2 Å². The van der Waals surface area contributed by atoms with Gasteiger partial charge in [-0.2, -0.15) is 5.26 Å². The Hall–Kier alpha value is -3.13. The van der Waals surface area contributed by atoms with Crippen LogP contribution in [-0.4, -0.2) is 15.5 Å². The van der Waals surface area contributed by atoms with Crippen LogP contribution in [0.25, 0.3) is 11.0 Å². The molecule has 4 rings (SSSR count). The summed E-state index contributed by atoms with van der Waals surface area (Å²) in [6.07, 6.45) is 2.27. The van der Waals surface area contributed by atoms with Gasteiger partial charge < -0.3 is 9.88 Å². The number of benzene rings is 2. The largest absolute Gasteiger partial charge is 0.325 e. The number of hydrogen-bond donors (Lipinski definition) is 1. The highest BCUT2D eigenvalue weighted by Gasteiger charge is 2.30. The number of anilines is 1. The number of fused-ring (bicyclic) bond motifs is 1. The Balaban J connectivity index is 1.63. The molecule has 1 fully saturated rings. The number of aromatic nitrogens is 2. The smallest absolute Gasteiger partial charge is 0.244 e. The summed E-state index contributed by atoms with van der Waals surface area (Å²) in [6, 6.07) is 13.2. The summed E-state index contributed by atoms with van der Waals surface area (Å²) < 4.78 is 2.05. The molecule has 1 amide bonds. The SMILES string of the molecule is Cc1cc2nc(C3CC3)n(CC(=O)Nc3ccc(C#N)cc3)c2cc1C. The van der Waals surface area contributed by atoms with Crippen LogP contribution in [0.2, 0.25) is 0 Å². The Bertz CT molecular complexity index is 1040. The number of aryl methyl sites for hydroxylation is 2. The number of hydrogen-bond acceptors (Lipinski definition) is 3. The molecular formula is C21H20N4O. The Labute approximate surface area is 152 Å². The van der Waals surface area contributed by atoms with Crippen molar-refractivity contribution < 1.29 is 4.79 Å². The summed E-state index contributed by atoms with van der Waals surface area (Å²) in [5.74, 6) is 1.39. The van der Waals surface area contributed by atoms with Gasteiger partial charge in [-0.1, -0.05) is 0 Å². The number of rotatable bonds is 4. The zero-order chi connectivity index (χ0) is 18.3. The second-order valence-electron chi connectivity index (χ2n) is 6.99. The quantitative estimate of drug-likeness (QED) is 0.776. The first-order chi connectivity index (χ1) is 12.5. The Morgan fingerprint density at radius 1 is 1.23 bits per heavy atom. The average molecular weight is 344 g/mol. The number of amides is 1. The van der Waals surface area contributed by atoms with Crippen LogP contribution in [0, 0.1) is 25.2 Å². The van der Waals surface area contributed by atoms with Crippen molar-refractivity contribution >= 4 is 22.6 Å². The molecule has 1 N–H and O–H groups in total. The van der Waals surface area contributed by atoms with Gasteiger partial charge in [-0.15, -0.1) is 0 Å². The summed E-state index contributed by atoms with van der Waals surface area (Å²) in [5.41, 5.74) is 5.66. The molecule has 1 aliphatic carbocycles. The molecule has 5 heteroatoms. The molecule has 0 atom stereocenters. The molecule has 0 spiro atoms. The standard InChI is InChI=1S/C21H20N4O/c1-13-9-18-19(10-14(13)2)25(21(24-18)16-5-6-16)12-20(26)23-17-7-3-15(11-22)4-8-17/h3-4,7-10,16H,5-6,12H2,1-2H3,(H,23,26). The molecular weight excluding hydrogens is 324 g/mol. The third-order valence-corrected chi connectivity index (χ3v) is 4.94. The fourth-order valence-electron chi connectivity index (χ4n) is 3.19. The molecule has 2 aromatic carbocycles. The van der Waals surface area contributed by atoms with Gasteiger partial charge in [0.2, 0.25) is 5.91 Å². The lowest BCUT2D eigenvalue weighted by molar-refractivity contribution is -0.116. The van der Waals surface area contributed by atoms with Gasteiger partial charge in [-0.3, -0.25) is 4.79 Å². The fourth-order valence-corrected chi connectivity index (χ4v) is 3.19. The summed E-state index contributed by atoms with van der Waals surface area (Å²) in [6.45, 7) is 4.41. The van der Waals surface area contributed by atoms with Crippen molar-refractivity contribution in [3.8, 4) is 6.07 Å². The zero-order valence-corrected chi connectivity index (χ0v) is 14.9. The van der Waals surface area contributed by atoms with E-state index >= 15 is 0 Å². The molecule has 1 aliphatic rings. The number of nitriles is 1. The van der Waals surface area contributed by atoms with Gasteiger partial charge in [0.1, 0.15) is 12.4 Å². The lowest BCUT2D eigenvalue weighted by atomic mass is 10.1. The second-order valence-corrected chi connectivity index (χ2v) is 6.99. The van der Waals surface area contributed by atoms with E-state index in [2.05, 4.69) is 41.9 Å². The first-order valence-electron chi connectivity index (χ1n) is 8.82. The predicted octanol–water partition coefficient (Wildman–Crippen LogP) is 4.04. The van der Waals surface area contributed by atoms with Crippen LogP contribution in [0.3, 0.4) is 0 Å². The minimum absolute atomic E-state index is 0.0888.